The van der Waals surface area contributed by atoms with Gasteiger partial charge in [-0.15, -0.1) is 0 Å². The first-order valence-electron chi connectivity index (χ1n) is 13.1. The van der Waals surface area contributed by atoms with E-state index in [1.807, 2.05) is 60.0 Å². The maximum absolute atomic E-state index is 13.7. The van der Waals surface area contributed by atoms with Crippen molar-refractivity contribution in [2.24, 2.45) is 5.41 Å². The molecule has 1 fully saturated rings. The molecule has 2 unspecified atom stereocenters. The summed E-state index contributed by atoms with van der Waals surface area (Å²) < 4.78 is 0. The molecule has 2 aromatic rings. The Balaban J connectivity index is 1.69. The average molecular weight is 507 g/mol. The Morgan fingerprint density at radius 1 is 1.00 bits per heavy atom. The summed E-state index contributed by atoms with van der Waals surface area (Å²) in [6.45, 7) is 7.59. The van der Waals surface area contributed by atoms with Crippen LogP contribution >= 0.6 is 0 Å². The number of aromatic nitrogens is 1. The number of aliphatic carboxylic acids is 1. The third-order valence-corrected chi connectivity index (χ3v) is 7.64. The Morgan fingerprint density at radius 2 is 1.70 bits per heavy atom. The number of para-hydroxylation sites is 1. The highest BCUT2D eigenvalue weighted by molar-refractivity contribution is 5.92. The molecule has 2 aliphatic rings. The fourth-order valence-corrected chi connectivity index (χ4v) is 5.82. The summed E-state index contributed by atoms with van der Waals surface area (Å²) >= 11 is 0. The molecule has 0 aliphatic carbocycles. The smallest absolute Gasteiger partial charge is 0.303 e. The largest absolute Gasteiger partial charge is 0.481 e. The molecular formula is C29H38N4O4. The Morgan fingerprint density at radius 3 is 2.41 bits per heavy atom. The number of nitrogens with zero attached hydrogens (tertiary/aromatic N) is 4. The van der Waals surface area contributed by atoms with Gasteiger partial charge in [-0.2, -0.15) is 0 Å². The van der Waals surface area contributed by atoms with Gasteiger partial charge in [0.25, 0.3) is 0 Å². The fourth-order valence-electron chi connectivity index (χ4n) is 5.82. The molecule has 8 nitrogen and oxygen atoms in total. The normalized spacial score (nSPS) is 20.7. The molecule has 2 bridgehead atoms. The summed E-state index contributed by atoms with van der Waals surface area (Å²) in [5.74, 6) is -0.968. The standard InChI is InChI=1S/C29H38N4O4/c1-21(34)32-15-12-24-8-9-25(33(24)18-22-10-13-30-14-11-22)20-31(19-23-6-4-5-7-26(23)32)27(35)16-29(2,3)17-28(36)37/h4-7,10-11,13-14,24-25H,8-9,12,15-20H2,1-3H3,(H,36,37). The molecule has 0 saturated carbocycles. The average Bonchev–Trinajstić information content (AvgIpc) is 3.18. The van der Waals surface area contributed by atoms with Crippen LogP contribution in [0.15, 0.2) is 48.8 Å². The molecule has 37 heavy (non-hydrogen) atoms. The first-order chi connectivity index (χ1) is 17.6. The van der Waals surface area contributed by atoms with E-state index in [9.17, 15) is 19.5 Å². The van der Waals surface area contributed by atoms with Gasteiger partial charge in [-0.1, -0.05) is 32.0 Å². The summed E-state index contributed by atoms with van der Waals surface area (Å²) in [5, 5.41) is 9.35. The van der Waals surface area contributed by atoms with Crippen molar-refractivity contribution in [1.29, 1.82) is 0 Å². The Bertz CT molecular complexity index is 1120. The number of benzene rings is 1. The minimum atomic E-state index is -0.903. The predicted molar refractivity (Wildman–Crippen MR) is 142 cm³/mol. The number of fused-ring (bicyclic) bond motifs is 3. The number of hydrogen-bond acceptors (Lipinski definition) is 5. The van der Waals surface area contributed by atoms with E-state index < -0.39 is 11.4 Å². The molecule has 1 saturated heterocycles. The number of hydrogen-bond donors (Lipinski definition) is 1. The van der Waals surface area contributed by atoms with Gasteiger partial charge >= 0.3 is 5.97 Å². The number of carbonyl (C=O) groups excluding carboxylic acids is 2. The van der Waals surface area contributed by atoms with Gasteiger partial charge in [-0.05, 0) is 54.0 Å². The van der Waals surface area contributed by atoms with Crippen LogP contribution in [-0.2, 0) is 27.5 Å². The third kappa shape index (κ3) is 6.74. The van der Waals surface area contributed by atoms with Crippen LogP contribution in [0.4, 0.5) is 5.69 Å². The van der Waals surface area contributed by atoms with Crippen LogP contribution in [0.5, 0.6) is 0 Å². The second-order valence-corrected chi connectivity index (χ2v) is 11.2. The van der Waals surface area contributed by atoms with Crippen molar-refractivity contribution in [3.63, 3.8) is 0 Å². The van der Waals surface area contributed by atoms with Crippen LogP contribution < -0.4 is 4.90 Å². The summed E-state index contributed by atoms with van der Waals surface area (Å²) in [6.07, 6.45) is 6.53. The van der Waals surface area contributed by atoms with Gasteiger partial charge in [0, 0.05) is 69.7 Å². The number of carboxylic acids is 1. The molecule has 1 aromatic carbocycles. The van der Waals surface area contributed by atoms with Gasteiger partial charge in [-0.25, -0.2) is 0 Å². The number of amides is 2. The van der Waals surface area contributed by atoms with E-state index in [4.69, 9.17) is 0 Å². The summed E-state index contributed by atoms with van der Waals surface area (Å²) in [4.78, 5) is 48.3. The third-order valence-electron chi connectivity index (χ3n) is 7.64. The van der Waals surface area contributed by atoms with Gasteiger partial charge in [-0.3, -0.25) is 24.3 Å². The van der Waals surface area contributed by atoms with Crippen LogP contribution in [0.2, 0.25) is 0 Å². The maximum atomic E-state index is 13.7. The first kappa shape index (κ1) is 26.8. The number of anilines is 1. The molecule has 1 aromatic heterocycles. The first-order valence-corrected chi connectivity index (χ1v) is 13.1. The topological polar surface area (TPSA) is 94.0 Å². The monoisotopic (exact) mass is 506 g/mol. The molecular weight excluding hydrogens is 468 g/mol. The zero-order chi connectivity index (χ0) is 26.6. The van der Waals surface area contributed by atoms with Crippen molar-refractivity contribution < 1.29 is 19.5 Å². The van der Waals surface area contributed by atoms with Crippen LogP contribution in [0.1, 0.15) is 64.0 Å². The highest BCUT2D eigenvalue weighted by Crippen LogP contribution is 2.34. The van der Waals surface area contributed by atoms with Crippen LogP contribution in [0.3, 0.4) is 0 Å². The summed E-state index contributed by atoms with van der Waals surface area (Å²) in [6, 6.07) is 12.3. The molecule has 2 aliphatic heterocycles. The number of pyridine rings is 1. The van der Waals surface area contributed by atoms with Gasteiger partial charge < -0.3 is 14.9 Å². The molecule has 198 valence electrons. The van der Waals surface area contributed by atoms with Gasteiger partial charge in [0.15, 0.2) is 0 Å². The predicted octanol–water partition coefficient (Wildman–Crippen LogP) is 4.09. The summed E-state index contributed by atoms with van der Waals surface area (Å²) in [7, 11) is 0. The van der Waals surface area contributed by atoms with Crippen LogP contribution in [0, 0.1) is 5.41 Å². The van der Waals surface area contributed by atoms with E-state index in [-0.39, 0.29) is 30.7 Å². The van der Waals surface area contributed by atoms with Crippen LogP contribution in [0.25, 0.3) is 0 Å². The van der Waals surface area contributed by atoms with Crippen molar-refractivity contribution in [1.82, 2.24) is 14.8 Å². The molecule has 8 heteroatoms. The molecule has 1 N–H and O–H groups in total. The van der Waals surface area contributed by atoms with Gasteiger partial charge in [0.2, 0.25) is 11.8 Å². The zero-order valence-corrected chi connectivity index (χ0v) is 22.1. The molecule has 2 amide bonds. The number of carboxylic acid groups (broad SMARTS) is 1. The van der Waals surface area contributed by atoms with E-state index in [2.05, 4.69) is 9.88 Å². The number of carbonyl (C=O) groups is 3. The lowest BCUT2D eigenvalue weighted by molar-refractivity contribution is -0.141. The quantitative estimate of drug-likeness (QED) is 0.634. The second-order valence-electron chi connectivity index (χ2n) is 11.2. The van der Waals surface area contributed by atoms with Gasteiger partial charge in [0.05, 0.1) is 6.42 Å². The minimum Gasteiger partial charge on any atom is -0.481 e. The van der Waals surface area contributed by atoms with E-state index in [1.165, 1.54) is 5.56 Å². The van der Waals surface area contributed by atoms with Crippen molar-refractivity contribution in [2.75, 3.05) is 18.0 Å². The molecule has 0 spiro atoms. The molecule has 2 atom stereocenters. The Kier molecular flexibility index (Phi) is 8.27. The second kappa shape index (κ2) is 11.4. The SMILES string of the molecule is CC(=O)N1CCC2CCC(CN(C(=O)CC(C)(C)CC(=O)O)Cc3ccccc31)N2Cc1ccncc1. The highest BCUT2D eigenvalue weighted by atomic mass is 16.4. The molecule has 4 rings (SSSR count). The van der Waals surface area contributed by atoms with Crippen molar-refractivity contribution in [3.05, 3.63) is 59.9 Å². The van der Waals surface area contributed by atoms with E-state index >= 15 is 0 Å². The summed E-state index contributed by atoms with van der Waals surface area (Å²) in [5.41, 5.74) is 2.29. The van der Waals surface area contributed by atoms with E-state index in [0.717, 1.165) is 37.1 Å². The Hall–Kier alpha value is -3.26. The Labute approximate surface area is 219 Å². The minimum absolute atomic E-state index is 0.0117. The van der Waals surface area contributed by atoms with E-state index in [1.54, 1.807) is 19.3 Å². The van der Waals surface area contributed by atoms with Crippen molar-refractivity contribution >= 4 is 23.5 Å². The number of rotatable bonds is 6. The lowest BCUT2D eigenvalue weighted by Gasteiger charge is -2.35. The van der Waals surface area contributed by atoms with E-state index in [0.29, 0.717) is 25.7 Å². The van der Waals surface area contributed by atoms with Gasteiger partial charge in [0.1, 0.15) is 0 Å². The molecule has 0 radical (unpaired) electrons. The van der Waals surface area contributed by atoms with Crippen LogP contribution in [-0.4, -0.2) is 62.8 Å². The highest BCUT2D eigenvalue weighted by Gasteiger charge is 2.37. The maximum Gasteiger partial charge on any atom is 0.303 e. The fraction of sp³-hybridized carbons (Fsp3) is 0.517. The molecule has 3 heterocycles. The van der Waals surface area contributed by atoms with Crippen molar-refractivity contribution in [3.8, 4) is 0 Å². The lowest BCUT2D eigenvalue weighted by Crippen LogP contribution is -2.45. The zero-order valence-electron chi connectivity index (χ0n) is 22.1. The lowest BCUT2D eigenvalue weighted by atomic mass is 9.85. The van der Waals surface area contributed by atoms with Crippen molar-refractivity contribution in [2.45, 2.75) is 78.0 Å².